The van der Waals surface area contributed by atoms with Crippen molar-refractivity contribution in [1.29, 1.82) is 0 Å². The second-order valence-corrected chi connectivity index (χ2v) is 7.71. The molecule has 2 aromatic rings. The Morgan fingerprint density at radius 2 is 1.77 bits per heavy atom. The summed E-state index contributed by atoms with van der Waals surface area (Å²) in [4.78, 5) is 27.2. The van der Waals surface area contributed by atoms with Gasteiger partial charge in [-0.2, -0.15) is 0 Å². The van der Waals surface area contributed by atoms with Crippen molar-refractivity contribution in [2.24, 2.45) is 0 Å². The minimum Gasteiger partial charge on any atom is -0.481 e. The lowest BCUT2D eigenvalue weighted by Gasteiger charge is -2.29. The van der Waals surface area contributed by atoms with E-state index in [1.807, 2.05) is 30.3 Å². The van der Waals surface area contributed by atoms with E-state index in [0.717, 1.165) is 31.2 Å². The molecular weight excluding hydrogens is 383 g/mol. The van der Waals surface area contributed by atoms with E-state index in [-0.39, 0.29) is 30.2 Å². The predicted octanol–water partition coefficient (Wildman–Crippen LogP) is 3.72. The van der Waals surface area contributed by atoms with Gasteiger partial charge in [0.25, 0.3) is 5.91 Å². The monoisotopic (exact) mass is 412 g/mol. The highest BCUT2D eigenvalue weighted by Gasteiger charge is 2.28. The van der Waals surface area contributed by atoms with Crippen LogP contribution in [0.3, 0.4) is 0 Å². The lowest BCUT2D eigenvalue weighted by Crippen LogP contribution is -2.51. The number of rotatable bonds is 9. The second-order valence-electron chi connectivity index (χ2n) is 7.71. The Morgan fingerprint density at radius 1 is 1.10 bits per heavy atom. The number of carbonyl (C=O) groups excluding carboxylic acids is 2. The number of ether oxygens (including phenoxy) is 1. The minimum atomic E-state index is -0.633. The third-order valence-corrected chi connectivity index (χ3v) is 5.54. The molecule has 0 heterocycles. The van der Waals surface area contributed by atoms with E-state index in [1.165, 1.54) is 17.0 Å². The molecule has 0 saturated heterocycles. The normalized spacial score (nSPS) is 14.9. The van der Waals surface area contributed by atoms with Gasteiger partial charge in [0.05, 0.1) is 0 Å². The molecular formula is C24H29FN2O3. The molecule has 160 valence electrons. The van der Waals surface area contributed by atoms with E-state index in [4.69, 9.17) is 4.74 Å². The van der Waals surface area contributed by atoms with Crippen LogP contribution in [0, 0.1) is 5.82 Å². The summed E-state index contributed by atoms with van der Waals surface area (Å²) in [6.07, 6.45) is 4.81. The molecule has 0 aromatic heterocycles. The fraction of sp³-hybridized carbons (Fsp3) is 0.417. The quantitative estimate of drug-likeness (QED) is 0.683. The number of hydrogen-bond acceptors (Lipinski definition) is 3. The molecule has 0 spiro atoms. The molecule has 6 heteroatoms. The Hall–Kier alpha value is -2.89. The zero-order chi connectivity index (χ0) is 21.3. The van der Waals surface area contributed by atoms with E-state index in [1.54, 1.807) is 19.1 Å². The van der Waals surface area contributed by atoms with Gasteiger partial charge in [-0.1, -0.05) is 55.3 Å². The van der Waals surface area contributed by atoms with Gasteiger partial charge in [-0.15, -0.1) is 0 Å². The van der Waals surface area contributed by atoms with E-state index in [2.05, 4.69) is 5.32 Å². The zero-order valence-corrected chi connectivity index (χ0v) is 17.4. The Labute approximate surface area is 177 Å². The third kappa shape index (κ3) is 6.05. The molecule has 1 fully saturated rings. The summed E-state index contributed by atoms with van der Waals surface area (Å²) in [5.41, 5.74) is 1.08. The van der Waals surface area contributed by atoms with Gasteiger partial charge in [-0.25, -0.2) is 4.39 Å². The molecule has 1 atom stereocenters. The minimum absolute atomic E-state index is 0.0249. The molecule has 1 aliphatic rings. The molecule has 0 aliphatic heterocycles. The van der Waals surface area contributed by atoms with Crippen LogP contribution in [0.2, 0.25) is 0 Å². The highest BCUT2D eigenvalue weighted by molar-refractivity contribution is 5.88. The van der Waals surface area contributed by atoms with Gasteiger partial charge in [0.2, 0.25) is 5.91 Å². The first-order valence-corrected chi connectivity index (χ1v) is 10.6. The van der Waals surface area contributed by atoms with Crippen LogP contribution in [-0.2, 0) is 16.0 Å². The molecule has 0 unspecified atom stereocenters. The van der Waals surface area contributed by atoms with E-state index >= 15 is 0 Å². The summed E-state index contributed by atoms with van der Waals surface area (Å²) in [7, 11) is 0. The largest absolute Gasteiger partial charge is 0.481 e. The van der Waals surface area contributed by atoms with Crippen molar-refractivity contribution in [3.8, 4) is 5.75 Å². The van der Waals surface area contributed by atoms with Crippen LogP contribution in [0.25, 0.3) is 0 Å². The third-order valence-electron chi connectivity index (χ3n) is 5.54. The molecule has 2 amide bonds. The second kappa shape index (κ2) is 10.8. The Morgan fingerprint density at radius 3 is 2.47 bits per heavy atom. The summed E-state index contributed by atoms with van der Waals surface area (Å²) in [6, 6.07) is 15.3. The molecule has 1 N–H and O–H groups in total. The summed E-state index contributed by atoms with van der Waals surface area (Å²) in [6.45, 7) is 1.79. The standard InChI is InChI=1S/C24H29FN2O3/c1-18(24(29)26-20-11-5-6-12-20)27(16-15-19-9-3-2-4-10-19)23(28)17-30-22-14-8-7-13-21(22)25/h2-4,7-10,13-14,18,20H,5-6,11-12,15-17H2,1H3,(H,26,29)/t18-/m1/s1. The Balaban J connectivity index is 1.66. The summed E-state index contributed by atoms with van der Waals surface area (Å²) < 4.78 is 19.2. The number of nitrogens with zero attached hydrogens (tertiary/aromatic N) is 1. The van der Waals surface area contributed by atoms with Gasteiger partial charge < -0.3 is 15.0 Å². The van der Waals surface area contributed by atoms with Gasteiger partial charge in [0, 0.05) is 12.6 Å². The van der Waals surface area contributed by atoms with Crippen molar-refractivity contribution in [3.05, 3.63) is 66.0 Å². The first-order valence-electron chi connectivity index (χ1n) is 10.6. The number of amides is 2. The molecule has 5 nitrogen and oxygen atoms in total. The molecule has 0 radical (unpaired) electrons. The molecule has 1 aliphatic carbocycles. The smallest absolute Gasteiger partial charge is 0.261 e. The van der Waals surface area contributed by atoms with Crippen molar-refractivity contribution in [2.45, 2.75) is 51.1 Å². The maximum absolute atomic E-state index is 13.8. The molecule has 2 aromatic carbocycles. The van der Waals surface area contributed by atoms with Crippen LogP contribution in [0.4, 0.5) is 4.39 Å². The van der Waals surface area contributed by atoms with Gasteiger partial charge in [0.15, 0.2) is 18.2 Å². The van der Waals surface area contributed by atoms with Crippen LogP contribution < -0.4 is 10.1 Å². The average molecular weight is 413 g/mol. The average Bonchev–Trinajstić information content (AvgIpc) is 3.27. The van der Waals surface area contributed by atoms with Gasteiger partial charge in [-0.3, -0.25) is 9.59 Å². The number of benzene rings is 2. The number of carbonyl (C=O) groups is 2. The van der Waals surface area contributed by atoms with Crippen molar-refractivity contribution in [2.75, 3.05) is 13.2 Å². The summed E-state index contributed by atoms with van der Waals surface area (Å²) in [5, 5.41) is 3.06. The van der Waals surface area contributed by atoms with E-state index < -0.39 is 11.9 Å². The molecule has 0 bridgehead atoms. The van der Waals surface area contributed by atoms with Crippen LogP contribution in [-0.4, -0.2) is 41.9 Å². The molecule has 30 heavy (non-hydrogen) atoms. The first-order chi connectivity index (χ1) is 14.5. The fourth-order valence-corrected chi connectivity index (χ4v) is 3.75. The van der Waals surface area contributed by atoms with Crippen LogP contribution in [0.15, 0.2) is 54.6 Å². The van der Waals surface area contributed by atoms with Crippen LogP contribution in [0.1, 0.15) is 38.2 Å². The molecule has 3 rings (SSSR count). The van der Waals surface area contributed by atoms with Gasteiger partial charge in [0.1, 0.15) is 6.04 Å². The van der Waals surface area contributed by atoms with Crippen molar-refractivity contribution >= 4 is 11.8 Å². The summed E-state index contributed by atoms with van der Waals surface area (Å²) >= 11 is 0. The maximum atomic E-state index is 13.8. The molecule has 1 saturated carbocycles. The lowest BCUT2D eigenvalue weighted by atomic mass is 10.1. The predicted molar refractivity (Wildman–Crippen MR) is 114 cm³/mol. The Bertz CT molecular complexity index is 837. The first kappa shape index (κ1) is 21.8. The van der Waals surface area contributed by atoms with Crippen LogP contribution >= 0.6 is 0 Å². The van der Waals surface area contributed by atoms with E-state index in [0.29, 0.717) is 13.0 Å². The highest BCUT2D eigenvalue weighted by atomic mass is 19.1. The van der Waals surface area contributed by atoms with E-state index in [9.17, 15) is 14.0 Å². The van der Waals surface area contributed by atoms with Crippen molar-refractivity contribution < 1.29 is 18.7 Å². The number of nitrogens with one attached hydrogen (secondary N) is 1. The fourth-order valence-electron chi connectivity index (χ4n) is 3.75. The Kier molecular flexibility index (Phi) is 7.82. The summed E-state index contributed by atoms with van der Waals surface area (Å²) in [5.74, 6) is -0.998. The van der Waals surface area contributed by atoms with Gasteiger partial charge in [-0.05, 0) is 43.9 Å². The van der Waals surface area contributed by atoms with Crippen molar-refractivity contribution in [1.82, 2.24) is 10.2 Å². The highest BCUT2D eigenvalue weighted by Crippen LogP contribution is 2.19. The number of hydrogen-bond donors (Lipinski definition) is 1. The number of halogens is 1. The van der Waals surface area contributed by atoms with Crippen LogP contribution in [0.5, 0.6) is 5.75 Å². The number of para-hydroxylation sites is 1. The topological polar surface area (TPSA) is 58.6 Å². The zero-order valence-electron chi connectivity index (χ0n) is 17.4. The lowest BCUT2D eigenvalue weighted by molar-refractivity contribution is -0.141. The SMILES string of the molecule is C[C@H](C(=O)NC1CCCC1)N(CCc1ccccc1)C(=O)COc1ccccc1F. The van der Waals surface area contributed by atoms with Crippen molar-refractivity contribution in [3.63, 3.8) is 0 Å². The maximum Gasteiger partial charge on any atom is 0.261 e. The van der Waals surface area contributed by atoms with Gasteiger partial charge >= 0.3 is 0 Å².